The predicted molar refractivity (Wildman–Crippen MR) is 171 cm³/mol. The van der Waals surface area contributed by atoms with Crippen LogP contribution in [0.4, 0.5) is 32.2 Å². The minimum Gasteiger partial charge on any atom is -0.489 e. The van der Waals surface area contributed by atoms with Crippen molar-refractivity contribution in [2.45, 2.75) is 103 Å². The summed E-state index contributed by atoms with van der Waals surface area (Å²) in [6, 6.07) is 10.2. The maximum absolute atomic E-state index is 13.2. The molecule has 11 heteroatoms. The van der Waals surface area contributed by atoms with Crippen LogP contribution in [0.2, 0.25) is 0 Å². The Morgan fingerprint density at radius 1 is 0.915 bits per heavy atom. The number of hydrogen-bond acceptors (Lipinski definition) is 5. The zero-order valence-electron chi connectivity index (χ0n) is 27.5. The molecular weight excluding hydrogens is 618 g/mol. The number of alkyl halides is 6. The van der Waals surface area contributed by atoms with Crippen LogP contribution in [0.5, 0.6) is 5.75 Å². The van der Waals surface area contributed by atoms with E-state index >= 15 is 0 Å². The third-order valence-electron chi connectivity index (χ3n) is 8.38. The van der Waals surface area contributed by atoms with E-state index in [2.05, 4.69) is 9.97 Å². The fourth-order valence-electron chi connectivity index (χ4n) is 5.80. The topological polar surface area (TPSA) is 62.0 Å². The minimum atomic E-state index is -4.51. The molecule has 1 aliphatic rings. The summed E-state index contributed by atoms with van der Waals surface area (Å²) in [7, 11) is 0. The van der Waals surface area contributed by atoms with E-state index in [9.17, 15) is 26.3 Å². The Labute approximate surface area is 274 Å². The molecular formula is C36H44F6N4O. The van der Waals surface area contributed by atoms with E-state index in [4.69, 9.17) is 10.00 Å². The molecule has 2 heterocycles. The molecule has 47 heavy (non-hydrogen) atoms. The van der Waals surface area contributed by atoms with Gasteiger partial charge in [0.25, 0.3) is 0 Å². The summed E-state index contributed by atoms with van der Waals surface area (Å²) in [5.74, 6) is 2.02. The van der Waals surface area contributed by atoms with E-state index in [0.717, 1.165) is 94.1 Å². The Balaban J connectivity index is 0.000000300. The van der Waals surface area contributed by atoms with Crippen LogP contribution in [0.3, 0.4) is 0 Å². The van der Waals surface area contributed by atoms with Gasteiger partial charge in [-0.25, -0.2) is 4.98 Å². The highest BCUT2D eigenvalue weighted by Gasteiger charge is 2.34. The van der Waals surface area contributed by atoms with Crippen LogP contribution in [0, 0.1) is 24.2 Å². The van der Waals surface area contributed by atoms with Crippen LogP contribution >= 0.6 is 0 Å². The highest BCUT2D eigenvalue weighted by Crippen LogP contribution is 2.37. The molecule has 1 fully saturated rings. The van der Waals surface area contributed by atoms with Crippen molar-refractivity contribution in [3.05, 3.63) is 82.8 Å². The van der Waals surface area contributed by atoms with Gasteiger partial charge in [0.2, 0.25) is 0 Å². The summed E-state index contributed by atoms with van der Waals surface area (Å²) < 4.78 is 82.8. The number of hydrogen-bond donors (Lipinski definition) is 0. The van der Waals surface area contributed by atoms with Crippen molar-refractivity contribution in [2.24, 2.45) is 5.92 Å². The molecule has 0 spiro atoms. The van der Waals surface area contributed by atoms with Gasteiger partial charge < -0.3 is 9.64 Å². The van der Waals surface area contributed by atoms with Crippen LogP contribution in [-0.4, -0.2) is 29.2 Å². The molecule has 0 radical (unpaired) electrons. The smallest absolute Gasteiger partial charge is 0.417 e. The van der Waals surface area contributed by atoms with Gasteiger partial charge in [0, 0.05) is 25.5 Å². The Morgan fingerprint density at radius 3 is 2.13 bits per heavy atom. The van der Waals surface area contributed by atoms with Gasteiger partial charge in [-0.3, -0.25) is 4.98 Å². The van der Waals surface area contributed by atoms with Gasteiger partial charge in [-0.15, -0.1) is 0 Å². The van der Waals surface area contributed by atoms with Gasteiger partial charge in [-0.05, 0) is 112 Å². The lowest BCUT2D eigenvalue weighted by molar-refractivity contribution is -0.138. The molecule has 256 valence electrons. The lowest BCUT2D eigenvalue weighted by Gasteiger charge is -2.29. The highest BCUT2D eigenvalue weighted by molar-refractivity contribution is 5.43. The number of nitriles is 1. The van der Waals surface area contributed by atoms with Crippen LogP contribution < -0.4 is 9.64 Å². The zero-order chi connectivity index (χ0) is 34.6. The molecule has 0 N–H and O–H groups in total. The number of pyridine rings is 2. The summed E-state index contributed by atoms with van der Waals surface area (Å²) in [5.41, 5.74) is -0.135. The monoisotopic (exact) mass is 662 g/mol. The SMILES string of the molecule is CCCN(CCC)c1ccc(C(F)(F)F)cn1.Cc1cncc(OC2CCC(CCC(C)c3ccc(C#N)c(C(F)(F)F)c3)CC2)c1. The minimum absolute atomic E-state index is 0.0196. The molecule has 5 nitrogen and oxygen atoms in total. The number of halogens is 6. The van der Waals surface area contributed by atoms with Gasteiger partial charge in [0.05, 0.1) is 35.1 Å². The first-order chi connectivity index (χ1) is 22.2. The second kappa shape index (κ2) is 17.4. The van der Waals surface area contributed by atoms with E-state index in [0.29, 0.717) is 17.3 Å². The molecule has 0 amide bonds. The summed E-state index contributed by atoms with van der Waals surface area (Å²) in [5, 5.41) is 8.95. The molecule has 0 aliphatic heterocycles. The van der Waals surface area contributed by atoms with E-state index in [1.165, 1.54) is 12.1 Å². The lowest BCUT2D eigenvalue weighted by atomic mass is 9.82. The van der Waals surface area contributed by atoms with Crippen LogP contribution in [0.15, 0.2) is 55.0 Å². The van der Waals surface area contributed by atoms with Gasteiger partial charge in [0.15, 0.2) is 0 Å². The Morgan fingerprint density at radius 2 is 1.60 bits per heavy atom. The number of benzene rings is 1. The molecule has 0 saturated heterocycles. The third kappa shape index (κ3) is 11.7. The summed E-state index contributed by atoms with van der Waals surface area (Å²) in [4.78, 5) is 10.1. The largest absolute Gasteiger partial charge is 0.489 e. The van der Waals surface area contributed by atoms with Crippen molar-refractivity contribution in [3.63, 3.8) is 0 Å². The maximum Gasteiger partial charge on any atom is 0.417 e. The van der Waals surface area contributed by atoms with Gasteiger partial charge in [-0.1, -0.05) is 26.8 Å². The average Bonchev–Trinajstić information content (AvgIpc) is 3.03. The van der Waals surface area contributed by atoms with Crippen molar-refractivity contribution >= 4 is 5.82 Å². The normalized spacial score (nSPS) is 17.2. The van der Waals surface area contributed by atoms with Crippen molar-refractivity contribution in [2.75, 3.05) is 18.0 Å². The predicted octanol–water partition coefficient (Wildman–Crippen LogP) is 10.5. The number of rotatable bonds is 11. The van der Waals surface area contributed by atoms with E-state index < -0.39 is 23.5 Å². The quantitative estimate of drug-likeness (QED) is 0.191. The molecule has 2 aromatic heterocycles. The molecule has 1 saturated carbocycles. The summed E-state index contributed by atoms with van der Waals surface area (Å²) in [6.45, 7) is 9.64. The van der Waals surface area contributed by atoms with Crippen molar-refractivity contribution < 1.29 is 31.1 Å². The zero-order valence-corrected chi connectivity index (χ0v) is 27.5. The van der Waals surface area contributed by atoms with Crippen LogP contribution in [-0.2, 0) is 12.4 Å². The van der Waals surface area contributed by atoms with Gasteiger partial charge in [0.1, 0.15) is 11.6 Å². The Hall–Kier alpha value is -3.81. The van der Waals surface area contributed by atoms with E-state index in [1.807, 2.05) is 38.7 Å². The first kappa shape index (κ1) is 37.6. The maximum atomic E-state index is 13.2. The second-order valence-electron chi connectivity index (χ2n) is 12.2. The van der Waals surface area contributed by atoms with Crippen LogP contribution in [0.1, 0.15) is 106 Å². The fourth-order valence-corrected chi connectivity index (χ4v) is 5.80. The molecule has 1 aliphatic carbocycles. The molecule has 1 aromatic carbocycles. The standard InChI is InChI=1S/C24H27F3N2O.C12H17F3N2/c1-16-11-22(15-29-14-16)30-21-9-5-18(6-10-21)4-3-17(2)19-7-8-20(13-28)23(12-19)24(25,26)27;1-3-7-17(8-4-2)11-6-5-10(9-16-11)12(13,14)15/h7-8,11-12,14-15,17-18,21H,3-6,9-10H2,1-2H3;5-6,9H,3-4,7-8H2,1-2H3. The number of anilines is 1. The Bertz CT molecular complexity index is 1420. The van der Waals surface area contributed by atoms with Crippen LogP contribution in [0.25, 0.3) is 0 Å². The average molecular weight is 663 g/mol. The number of nitrogens with zero attached hydrogens (tertiary/aromatic N) is 4. The number of ether oxygens (including phenoxy) is 1. The molecule has 1 atom stereocenters. The number of aromatic nitrogens is 2. The highest BCUT2D eigenvalue weighted by atomic mass is 19.4. The van der Waals surface area contributed by atoms with E-state index in [-0.39, 0.29) is 17.6 Å². The second-order valence-corrected chi connectivity index (χ2v) is 12.2. The first-order valence-electron chi connectivity index (χ1n) is 16.2. The lowest BCUT2D eigenvalue weighted by Crippen LogP contribution is -2.25. The molecule has 1 unspecified atom stereocenters. The Kier molecular flexibility index (Phi) is 13.9. The number of aryl methyl sites for hydroxylation is 1. The summed E-state index contributed by atoms with van der Waals surface area (Å²) >= 11 is 0. The van der Waals surface area contributed by atoms with Gasteiger partial charge in [-0.2, -0.15) is 31.6 Å². The fraction of sp³-hybridized carbons (Fsp3) is 0.528. The van der Waals surface area contributed by atoms with Crippen molar-refractivity contribution in [3.8, 4) is 11.8 Å². The van der Waals surface area contributed by atoms with Gasteiger partial charge >= 0.3 is 12.4 Å². The van der Waals surface area contributed by atoms with Crippen molar-refractivity contribution in [1.82, 2.24) is 9.97 Å². The first-order valence-corrected chi connectivity index (χ1v) is 16.2. The molecule has 3 aromatic rings. The van der Waals surface area contributed by atoms with E-state index in [1.54, 1.807) is 24.5 Å². The molecule has 0 bridgehead atoms. The third-order valence-corrected chi connectivity index (χ3v) is 8.38. The summed E-state index contributed by atoms with van der Waals surface area (Å²) in [6.07, 6.45) is 3.65. The molecule has 4 rings (SSSR count). The van der Waals surface area contributed by atoms with Crippen molar-refractivity contribution in [1.29, 1.82) is 5.26 Å².